The van der Waals surface area contributed by atoms with Crippen molar-refractivity contribution in [1.82, 2.24) is 0 Å². The first kappa shape index (κ1) is 12.0. The zero-order valence-corrected chi connectivity index (χ0v) is 8.98. The maximum atomic E-state index is 10.9. The van der Waals surface area contributed by atoms with Crippen LogP contribution in [0, 0.1) is 5.92 Å². The van der Waals surface area contributed by atoms with Crippen molar-refractivity contribution < 1.29 is 33.5 Å². The molecule has 0 aromatic heterocycles. The number of carbonyl (C=O) groups excluding carboxylic acids is 1. The number of hydrogen-bond donors (Lipinski definition) is 4. The predicted molar refractivity (Wildman–Crippen MR) is 45.6 cm³/mol. The largest absolute Gasteiger partial charge is 0.344 e. The maximum Gasteiger partial charge on any atom is 0.344 e. The van der Waals surface area contributed by atoms with Gasteiger partial charge in [-0.25, -0.2) is 0 Å². The van der Waals surface area contributed by atoms with Gasteiger partial charge in [-0.15, -0.1) is 0 Å². The highest BCUT2D eigenvalue weighted by atomic mass is 31.2. The molecule has 1 fully saturated rings. The van der Waals surface area contributed by atoms with Crippen LogP contribution < -0.4 is 0 Å². The zero-order valence-electron chi connectivity index (χ0n) is 7.19. The Morgan fingerprint density at radius 3 is 1.64 bits per heavy atom. The highest BCUT2D eigenvalue weighted by molar-refractivity contribution is 7.73. The van der Waals surface area contributed by atoms with Crippen molar-refractivity contribution in [3.8, 4) is 0 Å². The third kappa shape index (κ3) is 1.50. The van der Waals surface area contributed by atoms with Gasteiger partial charge in [-0.1, -0.05) is 0 Å². The average Bonchev–Trinajstić information content (AvgIpc) is 2.54. The Morgan fingerprint density at radius 1 is 1.21 bits per heavy atom. The molecule has 0 saturated heterocycles. The molecule has 0 heterocycles. The third-order valence-corrected chi connectivity index (χ3v) is 6.97. The normalized spacial score (nSPS) is 25.9. The molecule has 14 heavy (non-hydrogen) atoms. The Balaban J connectivity index is 3.19. The Kier molecular flexibility index (Phi) is 2.56. The van der Waals surface area contributed by atoms with Crippen molar-refractivity contribution in [2.45, 2.75) is 18.2 Å². The smallest absolute Gasteiger partial charge is 0.324 e. The monoisotopic (exact) mass is 244 g/mol. The summed E-state index contributed by atoms with van der Waals surface area (Å²) in [5.74, 6) is -1.85. The Morgan fingerprint density at radius 2 is 1.57 bits per heavy atom. The molecule has 0 radical (unpaired) electrons. The lowest BCUT2D eigenvalue weighted by Gasteiger charge is -2.19. The van der Waals surface area contributed by atoms with Crippen molar-refractivity contribution >= 4 is 21.0 Å². The van der Waals surface area contributed by atoms with E-state index in [2.05, 4.69) is 0 Å². The molecular weight excluding hydrogens is 234 g/mol. The molecule has 0 aromatic carbocycles. The molecule has 4 N–H and O–H groups in total. The van der Waals surface area contributed by atoms with E-state index in [-0.39, 0.29) is 0 Å². The van der Waals surface area contributed by atoms with Gasteiger partial charge in [0.2, 0.25) is 0 Å². The number of carbonyl (C=O) groups is 1. The molecule has 1 saturated carbocycles. The van der Waals surface area contributed by atoms with E-state index in [1.807, 2.05) is 0 Å². The lowest BCUT2D eigenvalue weighted by atomic mass is 10.3. The molecule has 9 heteroatoms. The zero-order chi connectivity index (χ0) is 11.4. The van der Waals surface area contributed by atoms with Crippen molar-refractivity contribution in [2.75, 3.05) is 0 Å². The summed E-state index contributed by atoms with van der Waals surface area (Å²) in [5.41, 5.74) is 0. The molecule has 0 aromatic rings. The first-order valence-electron chi connectivity index (χ1n) is 3.66. The Labute approximate surface area is 79.5 Å². The summed E-state index contributed by atoms with van der Waals surface area (Å²) in [5, 5.41) is 0. The fourth-order valence-corrected chi connectivity index (χ4v) is 4.90. The maximum absolute atomic E-state index is 10.9. The second kappa shape index (κ2) is 2.98. The van der Waals surface area contributed by atoms with Crippen molar-refractivity contribution in [3.05, 3.63) is 0 Å². The molecule has 1 aliphatic rings. The highest BCUT2D eigenvalue weighted by Crippen LogP contribution is 2.83. The summed E-state index contributed by atoms with van der Waals surface area (Å²) < 4.78 is 21.9. The van der Waals surface area contributed by atoms with Crippen LogP contribution in [-0.2, 0) is 13.9 Å². The van der Waals surface area contributed by atoms with Crippen LogP contribution in [0.2, 0.25) is 0 Å². The number of ketones is 1. The van der Waals surface area contributed by atoms with Gasteiger partial charge in [-0.05, 0) is 13.3 Å². The molecular formula is C5H10O7P2. The van der Waals surface area contributed by atoms with Crippen molar-refractivity contribution in [1.29, 1.82) is 0 Å². The fraction of sp³-hybridized carbons (Fsp3) is 0.800. The van der Waals surface area contributed by atoms with E-state index in [9.17, 15) is 13.9 Å². The molecule has 0 aliphatic heterocycles. The SMILES string of the molecule is CC(=O)C1CC1(P(=O)(O)O)P(=O)(O)O. The second-order valence-electron chi connectivity index (χ2n) is 3.33. The molecule has 7 nitrogen and oxygen atoms in total. The predicted octanol–water partition coefficient (Wildman–Crippen LogP) is -0.353. The quantitative estimate of drug-likeness (QED) is 0.498. The van der Waals surface area contributed by atoms with Crippen LogP contribution in [0.3, 0.4) is 0 Å². The van der Waals surface area contributed by atoms with Crippen molar-refractivity contribution in [2.24, 2.45) is 5.92 Å². The van der Waals surface area contributed by atoms with Crippen LogP contribution in [-0.4, -0.2) is 30.3 Å². The minimum absolute atomic E-state index is 0.448. The molecule has 82 valence electrons. The summed E-state index contributed by atoms with van der Waals surface area (Å²) >= 11 is 0. The van der Waals surface area contributed by atoms with Gasteiger partial charge in [-0.3, -0.25) is 13.9 Å². The Bertz CT molecular complexity index is 340. The van der Waals surface area contributed by atoms with Gasteiger partial charge in [0.15, 0.2) is 4.90 Å². The van der Waals surface area contributed by atoms with Gasteiger partial charge in [0, 0.05) is 5.92 Å². The summed E-state index contributed by atoms with van der Waals surface area (Å²) in [6, 6.07) is 0. The van der Waals surface area contributed by atoms with Crippen LogP contribution in [0.5, 0.6) is 0 Å². The third-order valence-electron chi connectivity index (χ3n) is 2.40. The van der Waals surface area contributed by atoms with E-state index in [1.54, 1.807) is 0 Å². The van der Waals surface area contributed by atoms with Gasteiger partial charge in [-0.2, -0.15) is 0 Å². The highest BCUT2D eigenvalue weighted by Gasteiger charge is 2.77. The first-order chi connectivity index (χ1) is 6.04. The van der Waals surface area contributed by atoms with E-state index in [1.165, 1.54) is 0 Å². The standard InChI is InChI=1S/C5H10O7P2/c1-3(6)4-2-5(4,13(7,8)9)14(10,11)12/h4H,2H2,1H3,(H2,7,8,9)(H2,10,11,12). The van der Waals surface area contributed by atoms with E-state index in [0.717, 1.165) is 6.92 Å². The summed E-state index contributed by atoms with van der Waals surface area (Å²) in [6.07, 6.45) is -0.448. The number of hydrogen-bond acceptors (Lipinski definition) is 3. The van der Waals surface area contributed by atoms with E-state index in [0.29, 0.717) is 0 Å². The molecule has 0 amide bonds. The van der Waals surface area contributed by atoms with Gasteiger partial charge in [0.25, 0.3) is 0 Å². The van der Waals surface area contributed by atoms with Crippen LogP contribution in [0.4, 0.5) is 0 Å². The fourth-order valence-electron chi connectivity index (χ4n) is 1.52. The first-order valence-corrected chi connectivity index (χ1v) is 6.88. The van der Waals surface area contributed by atoms with E-state index in [4.69, 9.17) is 19.6 Å². The number of rotatable bonds is 3. The molecule has 1 unspecified atom stereocenters. The molecule has 1 rings (SSSR count). The van der Waals surface area contributed by atoms with Gasteiger partial charge < -0.3 is 19.6 Å². The lowest BCUT2D eigenvalue weighted by Crippen LogP contribution is -2.16. The molecule has 0 spiro atoms. The molecule has 0 bridgehead atoms. The van der Waals surface area contributed by atoms with E-state index >= 15 is 0 Å². The van der Waals surface area contributed by atoms with Gasteiger partial charge >= 0.3 is 15.2 Å². The van der Waals surface area contributed by atoms with Crippen LogP contribution in [0.1, 0.15) is 13.3 Å². The summed E-state index contributed by atoms with van der Waals surface area (Å²) in [4.78, 5) is 43.7. The van der Waals surface area contributed by atoms with Crippen LogP contribution >= 0.6 is 15.2 Å². The lowest BCUT2D eigenvalue weighted by molar-refractivity contribution is -0.118. The number of Topliss-reactive ketones (excluding diaryl/α,β-unsaturated/α-hetero) is 1. The summed E-state index contributed by atoms with van der Waals surface area (Å²) in [6.45, 7) is 1.05. The average molecular weight is 244 g/mol. The van der Waals surface area contributed by atoms with Crippen LogP contribution in [0.15, 0.2) is 0 Å². The van der Waals surface area contributed by atoms with Gasteiger partial charge in [0.1, 0.15) is 5.78 Å². The molecule has 1 aliphatic carbocycles. The van der Waals surface area contributed by atoms with Gasteiger partial charge in [0.05, 0.1) is 0 Å². The minimum Gasteiger partial charge on any atom is -0.324 e. The Hall–Kier alpha value is -0.0300. The molecule has 1 atom stereocenters. The minimum atomic E-state index is -4.97. The second-order valence-corrected chi connectivity index (χ2v) is 7.46. The topological polar surface area (TPSA) is 132 Å². The van der Waals surface area contributed by atoms with Crippen LogP contribution in [0.25, 0.3) is 0 Å². The summed E-state index contributed by atoms with van der Waals surface area (Å²) in [7, 11) is -9.95. The van der Waals surface area contributed by atoms with Crippen molar-refractivity contribution in [3.63, 3.8) is 0 Å². The van der Waals surface area contributed by atoms with E-state index < -0.39 is 38.2 Å².